The molecular formula is C13H10N2O5P2. The van der Waals surface area contributed by atoms with E-state index in [0.29, 0.717) is 10.6 Å². The molecule has 0 saturated heterocycles. The van der Waals surface area contributed by atoms with Crippen LogP contribution in [0.1, 0.15) is 15.9 Å². The number of ketones is 1. The van der Waals surface area contributed by atoms with Crippen LogP contribution in [0.15, 0.2) is 36.4 Å². The first-order chi connectivity index (χ1) is 10.3. The Kier molecular flexibility index (Phi) is 4.59. The van der Waals surface area contributed by atoms with Crippen molar-refractivity contribution in [1.82, 2.24) is 0 Å². The lowest BCUT2D eigenvalue weighted by molar-refractivity contribution is -0.383. The van der Waals surface area contributed by atoms with Gasteiger partial charge in [0, 0.05) is 33.9 Å². The van der Waals surface area contributed by atoms with Crippen LogP contribution in [0, 0.1) is 20.2 Å². The van der Waals surface area contributed by atoms with E-state index in [2.05, 4.69) is 18.5 Å². The van der Waals surface area contributed by atoms with Gasteiger partial charge in [-0.25, -0.2) is 0 Å². The Balaban J connectivity index is 2.49. The maximum atomic E-state index is 12.4. The van der Waals surface area contributed by atoms with Gasteiger partial charge in [0.15, 0.2) is 5.78 Å². The smallest absolute Gasteiger partial charge is 0.277 e. The van der Waals surface area contributed by atoms with Crippen LogP contribution in [0.2, 0.25) is 0 Å². The van der Waals surface area contributed by atoms with Crippen LogP contribution in [0.4, 0.5) is 11.4 Å². The molecule has 0 fully saturated rings. The minimum absolute atomic E-state index is 0.101. The summed E-state index contributed by atoms with van der Waals surface area (Å²) in [6.45, 7) is 0. The molecule has 0 spiro atoms. The minimum Gasteiger partial charge on any atom is -0.289 e. The van der Waals surface area contributed by atoms with Crippen LogP contribution in [-0.4, -0.2) is 15.6 Å². The second kappa shape index (κ2) is 6.26. The molecule has 112 valence electrons. The topological polar surface area (TPSA) is 103 Å². The zero-order valence-electron chi connectivity index (χ0n) is 11.1. The third kappa shape index (κ3) is 3.16. The number of nitro benzene ring substituents is 2. The van der Waals surface area contributed by atoms with Crippen molar-refractivity contribution in [3.63, 3.8) is 0 Å². The summed E-state index contributed by atoms with van der Waals surface area (Å²) in [5, 5.41) is 22.5. The lowest BCUT2D eigenvalue weighted by Gasteiger charge is -2.04. The molecule has 0 aliphatic rings. The quantitative estimate of drug-likeness (QED) is 0.366. The van der Waals surface area contributed by atoms with Crippen molar-refractivity contribution < 1.29 is 14.6 Å². The molecule has 2 rings (SSSR count). The van der Waals surface area contributed by atoms with E-state index in [1.54, 1.807) is 0 Å². The Morgan fingerprint density at radius 1 is 0.818 bits per heavy atom. The molecule has 0 N–H and O–H groups in total. The Morgan fingerprint density at radius 2 is 1.18 bits per heavy atom. The summed E-state index contributed by atoms with van der Waals surface area (Å²) in [4.78, 5) is 33.0. The predicted octanol–water partition coefficient (Wildman–Crippen LogP) is 1.73. The van der Waals surface area contributed by atoms with Gasteiger partial charge in [-0.2, -0.15) is 0 Å². The highest BCUT2D eigenvalue weighted by Crippen LogP contribution is 2.20. The average Bonchev–Trinajstić information content (AvgIpc) is 2.47. The molecule has 0 saturated carbocycles. The normalized spacial score (nSPS) is 10.3. The van der Waals surface area contributed by atoms with Crippen LogP contribution < -0.4 is 10.6 Å². The van der Waals surface area contributed by atoms with Crippen LogP contribution in [0.25, 0.3) is 0 Å². The van der Waals surface area contributed by atoms with Gasteiger partial charge in [-0.1, -0.05) is 18.5 Å². The molecule has 0 amide bonds. The highest BCUT2D eigenvalue weighted by atomic mass is 31.0. The minimum atomic E-state index is -0.590. The van der Waals surface area contributed by atoms with E-state index in [0.717, 1.165) is 12.1 Å². The highest BCUT2D eigenvalue weighted by Gasteiger charge is 2.19. The lowest BCUT2D eigenvalue weighted by Crippen LogP contribution is -2.09. The summed E-state index contributed by atoms with van der Waals surface area (Å²) in [6.07, 6.45) is 0. The molecule has 0 aliphatic carbocycles. The number of nitrogens with zero attached hydrogens (tertiary/aromatic N) is 2. The second-order valence-corrected chi connectivity index (χ2v) is 5.63. The molecule has 0 aliphatic heterocycles. The van der Waals surface area contributed by atoms with Gasteiger partial charge in [0.1, 0.15) is 0 Å². The standard InChI is InChI=1S/C13H10N2O5P2/c16-13(7-1-3-11(21)9(5-7)14(17)18)8-2-4-12(22)10(6-8)15(19)20/h1-6H,21-22H2. The molecular weight excluding hydrogens is 326 g/mol. The highest BCUT2D eigenvalue weighted by molar-refractivity contribution is 7.28. The maximum Gasteiger partial charge on any atom is 0.277 e. The number of hydrogen-bond donors (Lipinski definition) is 0. The third-order valence-electron chi connectivity index (χ3n) is 2.98. The van der Waals surface area contributed by atoms with Crippen LogP contribution >= 0.6 is 18.5 Å². The molecule has 2 unspecified atom stereocenters. The first-order valence-electron chi connectivity index (χ1n) is 5.94. The summed E-state index contributed by atoms with van der Waals surface area (Å²) in [5.41, 5.74) is -0.201. The molecule has 2 atom stereocenters. The molecule has 9 heteroatoms. The Bertz CT molecular complexity index is 742. The number of hydrogen-bond acceptors (Lipinski definition) is 5. The summed E-state index contributed by atoms with van der Waals surface area (Å²) in [5.74, 6) is -0.513. The number of benzene rings is 2. The number of carbonyl (C=O) groups excluding carboxylic acids is 1. The fourth-order valence-electron chi connectivity index (χ4n) is 1.85. The van der Waals surface area contributed by atoms with Crippen LogP contribution in [0.5, 0.6) is 0 Å². The van der Waals surface area contributed by atoms with E-state index in [4.69, 9.17) is 0 Å². The van der Waals surface area contributed by atoms with Gasteiger partial charge in [-0.15, -0.1) is 0 Å². The van der Waals surface area contributed by atoms with Gasteiger partial charge in [0.2, 0.25) is 0 Å². The maximum absolute atomic E-state index is 12.4. The van der Waals surface area contributed by atoms with E-state index < -0.39 is 15.6 Å². The van der Waals surface area contributed by atoms with Crippen molar-refractivity contribution in [3.8, 4) is 0 Å². The van der Waals surface area contributed by atoms with Gasteiger partial charge in [0.25, 0.3) is 11.4 Å². The molecule has 22 heavy (non-hydrogen) atoms. The lowest BCUT2D eigenvalue weighted by atomic mass is 10.0. The molecule has 7 nitrogen and oxygen atoms in total. The van der Waals surface area contributed by atoms with E-state index in [1.807, 2.05) is 0 Å². The predicted molar refractivity (Wildman–Crippen MR) is 88.3 cm³/mol. The molecule has 0 aromatic heterocycles. The van der Waals surface area contributed by atoms with E-state index in [1.165, 1.54) is 24.3 Å². The fraction of sp³-hybridized carbons (Fsp3) is 0. The Morgan fingerprint density at radius 3 is 1.50 bits per heavy atom. The number of rotatable bonds is 4. The summed E-state index contributed by atoms with van der Waals surface area (Å²) in [7, 11) is 4.44. The van der Waals surface area contributed by atoms with Crippen LogP contribution in [-0.2, 0) is 0 Å². The van der Waals surface area contributed by atoms with Crippen LogP contribution in [0.3, 0.4) is 0 Å². The molecule has 0 heterocycles. The fourth-order valence-corrected chi connectivity index (χ4v) is 2.42. The third-order valence-corrected chi connectivity index (χ3v) is 3.96. The Hall–Kier alpha value is -2.23. The van der Waals surface area contributed by atoms with E-state index >= 15 is 0 Å². The van der Waals surface area contributed by atoms with Crippen molar-refractivity contribution in [1.29, 1.82) is 0 Å². The summed E-state index contributed by atoms with van der Waals surface area (Å²) < 4.78 is 0. The summed E-state index contributed by atoms with van der Waals surface area (Å²) >= 11 is 0. The van der Waals surface area contributed by atoms with Gasteiger partial charge in [-0.05, 0) is 24.3 Å². The monoisotopic (exact) mass is 336 g/mol. The van der Waals surface area contributed by atoms with E-state index in [-0.39, 0.29) is 22.5 Å². The first-order valence-corrected chi connectivity index (χ1v) is 7.09. The molecule has 0 bridgehead atoms. The molecule has 2 aromatic rings. The van der Waals surface area contributed by atoms with Gasteiger partial charge >= 0.3 is 0 Å². The average molecular weight is 336 g/mol. The number of carbonyl (C=O) groups is 1. The van der Waals surface area contributed by atoms with Crippen molar-refractivity contribution >= 4 is 46.2 Å². The first kappa shape index (κ1) is 16.1. The van der Waals surface area contributed by atoms with Gasteiger partial charge in [0.05, 0.1) is 9.85 Å². The molecule has 0 radical (unpaired) electrons. The van der Waals surface area contributed by atoms with Gasteiger partial charge in [-0.3, -0.25) is 25.0 Å². The van der Waals surface area contributed by atoms with E-state index in [9.17, 15) is 25.0 Å². The van der Waals surface area contributed by atoms with Crippen molar-refractivity contribution in [2.24, 2.45) is 0 Å². The summed E-state index contributed by atoms with van der Waals surface area (Å²) in [6, 6.07) is 8.08. The zero-order valence-corrected chi connectivity index (χ0v) is 13.4. The Labute approximate surface area is 129 Å². The van der Waals surface area contributed by atoms with Crippen molar-refractivity contribution in [3.05, 3.63) is 67.8 Å². The largest absolute Gasteiger partial charge is 0.289 e. The molecule has 2 aromatic carbocycles. The SMILES string of the molecule is O=C(c1ccc(P)c([N+](=O)[O-])c1)c1ccc(P)c([N+](=O)[O-])c1. The zero-order chi connectivity index (χ0) is 16.4. The second-order valence-electron chi connectivity index (χ2n) is 4.39. The number of nitro groups is 2. The van der Waals surface area contributed by atoms with Crippen molar-refractivity contribution in [2.75, 3.05) is 0 Å². The van der Waals surface area contributed by atoms with Crippen molar-refractivity contribution in [2.45, 2.75) is 0 Å². The van der Waals surface area contributed by atoms with Gasteiger partial charge < -0.3 is 0 Å².